The van der Waals surface area contributed by atoms with Gasteiger partial charge in [0.2, 0.25) is 5.91 Å². The van der Waals surface area contributed by atoms with Gasteiger partial charge in [0.25, 0.3) is 0 Å². The predicted molar refractivity (Wildman–Crippen MR) is 112 cm³/mol. The van der Waals surface area contributed by atoms with Crippen molar-refractivity contribution >= 4 is 11.7 Å². The second kappa shape index (κ2) is 9.71. The van der Waals surface area contributed by atoms with Crippen molar-refractivity contribution in [3.05, 3.63) is 53.2 Å². The van der Waals surface area contributed by atoms with E-state index >= 15 is 0 Å². The molecule has 0 spiro atoms. The van der Waals surface area contributed by atoms with Crippen LogP contribution in [0.3, 0.4) is 0 Å². The second-order valence-electron chi connectivity index (χ2n) is 8.19. The van der Waals surface area contributed by atoms with E-state index in [-0.39, 0.29) is 23.4 Å². The van der Waals surface area contributed by atoms with Crippen LogP contribution in [0.2, 0.25) is 0 Å². The minimum Gasteiger partial charge on any atom is -0.370 e. The lowest BCUT2D eigenvalue weighted by Gasteiger charge is -2.32. The van der Waals surface area contributed by atoms with Crippen LogP contribution in [0.4, 0.5) is 10.2 Å². The van der Waals surface area contributed by atoms with Gasteiger partial charge >= 0.3 is 0 Å². The lowest BCUT2D eigenvalue weighted by Crippen LogP contribution is -2.37. The first-order valence-electron chi connectivity index (χ1n) is 10.7. The number of carbonyl (C=O) groups excluding carboxylic acids is 1. The molecule has 9 heteroatoms. The van der Waals surface area contributed by atoms with Gasteiger partial charge in [0.05, 0.1) is 24.3 Å². The molecule has 1 aliphatic carbocycles. The molecule has 1 amide bonds. The lowest BCUT2D eigenvalue weighted by atomic mass is 9.81. The average Bonchev–Trinajstić information content (AvgIpc) is 3.32. The minimum atomic E-state index is -0.489. The number of hydroxylamine groups is 2. The summed E-state index contributed by atoms with van der Waals surface area (Å²) in [4.78, 5) is 26.8. The summed E-state index contributed by atoms with van der Waals surface area (Å²) >= 11 is 0. The van der Waals surface area contributed by atoms with E-state index in [1.165, 1.54) is 23.5 Å². The van der Waals surface area contributed by atoms with Crippen LogP contribution < -0.4 is 5.32 Å². The van der Waals surface area contributed by atoms with Crippen LogP contribution >= 0.6 is 0 Å². The third-order valence-corrected chi connectivity index (χ3v) is 6.11. The van der Waals surface area contributed by atoms with Crippen molar-refractivity contribution in [2.75, 3.05) is 18.5 Å². The number of amides is 1. The van der Waals surface area contributed by atoms with Gasteiger partial charge in [0.15, 0.2) is 0 Å². The van der Waals surface area contributed by atoms with Crippen LogP contribution in [0.5, 0.6) is 0 Å². The van der Waals surface area contributed by atoms with E-state index in [0.29, 0.717) is 42.6 Å². The van der Waals surface area contributed by atoms with Crippen LogP contribution in [0.1, 0.15) is 55.0 Å². The van der Waals surface area contributed by atoms with Gasteiger partial charge in [-0.1, -0.05) is 0 Å². The highest BCUT2D eigenvalue weighted by Crippen LogP contribution is 2.36. The number of hydrogen-bond donors (Lipinski definition) is 1. The third-order valence-electron chi connectivity index (χ3n) is 6.11. The van der Waals surface area contributed by atoms with E-state index in [1.807, 2.05) is 12.1 Å². The fourth-order valence-electron chi connectivity index (χ4n) is 4.42. The summed E-state index contributed by atoms with van der Waals surface area (Å²) < 4.78 is 13.9. The zero-order valence-corrected chi connectivity index (χ0v) is 17.5. The molecule has 1 atom stereocenters. The Kier molecular flexibility index (Phi) is 6.58. The first-order valence-corrected chi connectivity index (χ1v) is 10.7. The zero-order valence-electron chi connectivity index (χ0n) is 17.5. The molecule has 1 saturated carbocycles. The van der Waals surface area contributed by atoms with Crippen LogP contribution in [0.15, 0.2) is 30.6 Å². The number of carbonyl (C=O) groups is 1. The van der Waals surface area contributed by atoms with Crippen molar-refractivity contribution in [2.45, 2.75) is 38.1 Å². The molecule has 2 fully saturated rings. The molecule has 32 heavy (non-hydrogen) atoms. The van der Waals surface area contributed by atoms with Crippen molar-refractivity contribution in [3.63, 3.8) is 0 Å². The summed E-state index contributed by atoms with van der Waals surface area (Å²) in [6.07, 6.45) is 5.20. The van der Waals surface area contributed by atoms with E-state index in [1.54, 1.807) is 12.1 Å². The number of nitriles is 2. The summed E-state index contributed by atoms with van der Waals surface area (Å²) in [7, 11) is 0. The van der Waals surface area contributed by atoms with Crippen LogP contribution in [-0.2, 0) is 9.63 Å². The van der Waals surface area contributed by atoms with Gasteiger partial charge in [-0.15, -0.1) is 0 Å². The Labute approximate surface area is 185 Å². The molecule has 0 bridgehead atoms. The maximum absolute atomic E-state index is 13.9. The summed E-state index contributed by atoms with van der Waals surface area (Å²) in [5, 5.41) is 22.7. The number of nitrogens with zero attached hydrogens (tertiary/aromatic N) is 5. The smallest absolute Gasteiger partial charge is 0.249 e. The number of nitrogens with one attached hydrogen (secondary N) is 1. The van der Waals surface area contributed by atoms with E-state index in [0.717, 1.165) is 25.7 Å². The molecule has 8 nitrogen and oxygen atoms in total. The largest absolute Gasteiger partial charge is 0.370 e. The number of aromatic nitrogens is 2. The van der Waals surface area contributed by atoms with E-state index in [4.69, 9.17) is 15.4 Å². The highest BCUT2D eigenvalue weighted by Gasteiger charge is 2.37. The van der Waals surface area contributed by atoms with Crippen molar-refractivity contribution in [1.29, 1.82) is 10.5 Å². The molecule has 0 unspecified atom stereocenters. The maximum Gasteiger partial charge on any atom is 0.249 e. The van der Waals surface area contributed by atoms with Crippen molar-refractivity contribution in [3.8, 4) is 12.1 Å². The van der Waals surface area contributed by atoms with Crippen LogP contribution in [0.25, 0.3) is 0 Å². The molecule has 1 aliphatic heterocycles. The van der Waals surface area contributed by atoms with Gasteiger partial charge in [-0.05, 0) is 55.4 Å². The van der Waals surface area contributed by atoms with Crippen molar-refractivity contribution in [1.82, 2.24) is 15.0 Å². The van der Waals surface area contributed by atoms with Gasteiger partial charge in [0, 0.05) is 24.9 Å². The topological polar surface area (TPSA) is 115 Å². The molecule has 1 saturated heterocycles. The molecule has 1 N–H and O–H groups in total. The van der Waals surface area contributed by atoms with E-state index in [9.17, 15) is 9.18 Å². The second-order valence-corrected chi connectivity index (χ2v) is 8.19. The number of halogens is 1. The molecular weight excluding hydrogens is 411 g/mol. The summed E-state index contributed by atoms with van der Waals surface area (Å²) in [6, 6.07) is 9.36. The first kappa shape index (κ1) is 21.7. The molecule has 2 heterocycles. The third kappa shape index (κ3) is 4.84. The molecule has 2 aromatic rings. The number of anilines is 1. The number of rotatable bonds is 5. The summed E-state index contributed by atoms with van der Waals surface area (Å²) in [5.74, 6) is 0.319. The number of benzene rings is 1. The predicted octanol–water partition coefficient (Wildman–Crippen LogP) is 3.48. The standard InChI is InChI=1S/C23H23FN6O2/c24-19-8-16(11-25)7-18(9-19)21-5-6-32-30(21)23(31)17-3-1-15(2-4-17)13-27-22-10-20(12-26)28-14-29-22/h7-10,14-15,17,21H,1-6,13H2,(H,27,28,29)/t15-,17-,21-/m0/s1. The monoisotopic (exact) mass is 434 g/mol. The molecule has 1 aromatic heterocycles. The quantitative estimate of drug-likeness (QED) is 0.766. The van der Waals surface area contributed by atoms with Gasteiger partial charge in [-0.25, -0.2) is 19.4 Å². The highest BCUT2D eigenvalue weighted by molar-refractivity contribution is 5.78. The fraction of sp³-hybridized carbons (Fsp3) is 0.435. The Morgan fingerprint density at radius 2 is 1.94 bits per heavy atom. The fourth-order valence-corrected chi connectivity index (χ4v) is 4.42. The van der Waals surface area contributed by atoms with Gasteiger partial charge < -0.3 is 5.32 Å². The van der Waals surface area contributed by atoms with Crippen LogP contribution in [0, 0.1) is 40.3 Å². The zero-order chi connectivity index (χ0) is 22.5. The molecule has 1 aromatic carbocycles. The Bertz CT molecular complexity index is 1070. The lowest BCUT2D eigenvalue weighted by molar-refractivity contribution is -0.183. The maximum atomic E-state index is 13.9. The van der Waals surface area contributed by atoms with Gasteiger partial charge in [-0.2, -0.15) is 10.5 Å². The van der Waals surface area contributed by atoms with Crippen molar-refractivity contribution < 1.29 is 14.0 Å². The van der Waals surface area contributed by atoms with E-state index in [2.05, 4.69) is 15.3 Å². The Morgan fingerprint density at radius 3 is 2.69 bits per heavy atom. The summed E-state index contributed by atoms with van der Waals surface area (Å²) in [5.41, 5.74) is 1.14. The Hall–Kier alpha value is -3.56. The molecular formula is C23H23FN6O2. The SMILES string of the molecule is N#Cc1cc(F)cc([C@@H]2CCON2C(=O)[C@H]2CC[C@H](CNc3cc(C#N)ncn3)CC2)c1. The Balaban J connectivity index is 1.33. The highest BCUT2D eigenvalue weighted by atomic mass is 19.1. The first-order chi connectivity index (χ1) is 15.6. The average molecular weight is 434 g/mol. The molecule has 0 radical (unpaired) electrons. The van der Waals surface area contributed by atoms with E-state index < -0.39 is 5.82 Å². The normalized spacial score (nSPS) is 22.7. The number of hydrogen-bond acceptors (Lipinski definition) is 7. The van der Waals surface area contributed by atoms with Crippen LogP contribution in [-0.4, -0.2) is 34.1 Å². The minimum absolute atomic E-state index is 0.0730. The van der Waals surface area contributed by atoms with Gasteiger partial charge in [-0.3, -0.25) is 9.63 Å². The molecule has 2 aliphatic rings. The molecule has 164 valence electrons. The summed E-state index contributed by atoms with van der Waals surface area (Å²) in [6.45, 7) is 1.10. The Morgan fingerprint density at radius 1 is 1.12 bits per heavy atom. The van der Waals surface area contributed by atoms with Crippen molar-refractivity contribution in [2.24, 2.45) is 11.8 Å². The van der Waals surface area contributed by atoms with Gasteiger partial charge in [0.1, 0.15) is 29.7 Å². The molecule has 4 rings (SSSR count).